The van der Waals surface area contributed by atoms with Crippen LogP contribution in [0.25, 0.3) is 5.70 Å². The van der Waals surface area contributed by atoms with E-state index < -0.39 is 11.6 Å². The molecule has 2 heterocycles. The Balaban J connectivity index is 1.71. The standard InChI is InChI=1S/C27H22N2O5/c1-34-15-10-11-21(30)19(14-15)23-22-24(16-6-2-3-7-17(16)25(22)31)28-12-13-29-26(32)18-8-4-5-9-20(18)27(23,29)33/h2-11,14,23,28,30,33H,12-13H2,1H3. The largest absolute Gasteiger partial charge is 0.508 e. The van der Waals surface area contributed by atoms with Gasteiger partial charge in [-0.15, -0.1) is 0 Å². The van der Waals surface area contributed by atoms with Gasteiger partial charge >= 0.3 is 0 Å². The van der Waals surface area contributed by atoms with Crippen LogP contribution in [-0.2, 0) is 5.72 Å². The summed E-state index contributed by atoms with van der Waals surface area (Å²) in [7, 11) is 1.51. The number of ether oxygens (including phenoxy) is 1. The number of phenols is 1. The van der Waals surface area contributed by atoms with Crippen LogP contribution in [0.4, 0.5) is 0 Å². The van der Waals surface area contributed by atoms with E-state index >= 15 is 0 Å². The Kier molecular flexibility index (Phi) is 4.34. The summed E-state index contributed by atoms with van der Waals surface area (Å²) in [6.07, 6.45) is 0. The molecule has 6 rings (SSSR count). The Morgan fingerprint density at radius 3 is 2.47 bits per heavy atom. The van der Waals surface area contributed by atoms with E-state index in [1.54, 1.807) is 48.5 Å². The summed E-state index contributed by atoms with van der Waals surface area (Å²) in [4.78, 5) is 28.7. The third-order valence-corrected chi connectivity index (χ3v) is 7.04. The molecule has 3 N–H and O–H groups in total. The molecule has 0 saturated heterocycles. The minimum atomic E-state index is -1.89. The van der Waals surface area contributed by atoms with Gasteiger partial charge in [0, 0.05) is 46.5 Å². The van der Waals surface area contributed by atoms with Gasteiger partial charge in [-0.05, 0) is 24.3 Å². The van der Waals surface area contributed by atoms with Gasteiger partial charge in [-0.25, -0.2) is 0 Å². The molecular weight excluding hydrogens is 432 g/mol. The van der Waals surface area contributed by atoms with Crippen molar-refractivity contribution in [3.05, 3.63) is 100 Å². The van der Waals surface area contributed by atoms with Crippen molar-refractivity contribution >= 4 is 17.4 Å². The van der Waals surface area contributed by atoms with Gasteiger partial charge in [-0.1, -0.05) is 42.5 Å². The van der Waals surface area contributed by atoms with E-state index in [0.717, 1.165) is 5.56 Å². The van der Waals surface area contributed by atoms with Gasteiger partial charge in [0.15, 0.2) is 11.5 Å². The number of rotatable bonds is 2. The van der Waals surface area contributed by atoms with Crippen molar-refractivity contribution in [2.24, 2.45) is 0 Å². The Bertz CT molecular complexity index is 1410. The normalized spacial score (nSPS) is 22.9. The zero-order chi connectivity index (χ0) is 23.6. The second kappa shape index (κ2) is 7.20. The average molecular weight is 454 g/mol. The summed E-state index contributed by atoms with van der Waals surface area (Å²) < 4.78 is 5.40. The third-order valence-electron chi connectivity index (χ3n) is 7.04. The molecule has 34 heavy (non-hydrogen) atoms. The number of nitrogens with zero attached hydrogens (tertiary/aromatic N) is 1. The lowest BCUT2D eigenvalue weighted by molar-refractivity contribution is -0.0972. The second-order valence-electron chi connectivity index (χ2n) is 8.68. The molecule has 3 aromatic rings. The number of hydrogen-bond donors (Lipinski definition) is 3. The number of fused-ring (bicyclic) bond motifs is 5. The Morgan fingerprint density at radius 1 is 1.00 bits per heavy atom. The minimum absolute atomic E-state index is 0.104. The quantitative estimate of drug-likeness (QED) is 0.551. The number of amides is 1. The fourth-order valence-electron chi connectivity index (χ4n) is 5.55. The molecule has 1 amide bonds. The second-order valence-corrected chi connectivity index (χ2v) is 8.68. The SMILES string of the molecule is COc1ccc(O)c(C2C3=C(NCCN4C(=O)c5ccccc5C24O)c2ccccc2C3=O)c1. The van der Waals surface area contributed by atoms with Gasteiger partial charge in [0.2, 0.25) is 0 Å². The maximum atomic E-state index is 13.8. The molecule has 1 aliphatic carbocycles. The van der Waals surface area contributed by atoms with Gasteiger partial charge in [-0.3, -0.25) is 9.59 Å². The molecule has 0 radical (unpaired) electrons. The van der Waals surface area contributed by atoms with Gasteiger partial charge in [0.1, 0.15) is 11.5 Å². The maximum absolute atomic E-state index is 13.8. The van der Waals surface area contributed by atoms with Gasteiger partial charge in [0.05, 0.1) is 18.7 Å². The number of carbonyl (C=O) groups excluding carboxylic acids is 2. The topological polar surface area (TPSA) is 99.1 Å². The lowest BCUT2D eigenvalue weighted by Gasteiger charge is -2.43. The highest BCUT2D eigenvalue weighted by atomic mass is 16.5. The smallest absolute Gasteiger partial charge is 0.256 e. The first kappa shape index (κ1) is 20.5. The van der Waals surface area contributed by atoms with Crippen LogP contribution in [0.15, 0.2) is 72.3 Å². The van der Waals surface area contributed by atoms with E-state index in [1.807, 2.05) is 12.1 Å². The third kappa shape index (κ3) is 2.55. The summed E-state index contributed by atoms with van der Waals surface area (Å²) in [6.45, 7) is 0.553. The number of Topliss-reactive ketones (excluding diaryl/α,β-unsaturated/α-hetero) is 1. The van der Waals surface area contributed by atoms with Crippen LogP contribution < -0.4 is 10.1 Å². The van der Waals surface area contributed by atoms with Crippen molar-refractivity contribution in [2.75, 3.05) is 20.2 Å². The van der Waals surface area contributed by atoms with E-state index in [0.29, 0.717) is 45.8 Å². The lowest BCUT2D eigenvalue weighted by Crippen LogP contribution is -2.52. The van der Waals surface area contributed by atoms with E-state index in [1.165, 1.54) is 18.1 Å². The van der Waals surface area contributed by atoms with E-state index in [-0.39, 0.29) is 24.0 Å². The van der Waals surface area contributed by atoms with Crippen LogP contribution in [0.2, 0.25) is 0 Å². The van der Waals surface area contributed by atoms with E-state index in [4.69, 9.17) is 4.74 Å². The molecule has 2 atom stereocenters. The molecule has 3 aliphatic rings. The van der Waals surface area contributed by atoms with Crippen molar-refractivity contribution in [1.29, 1.82) is 0 Å². The van der Waals surface area contributed by atoms with Gasteiger partial charge in [0.25, 0.3) is 5.91 Å². The minimum Gasteiger partial charge on any atom is -0.508 e. The number of hydrogen-bond acceptors (Lipinski definition) is 6. The molecule has 170 valence electrons. The van der Waals surface area contributed by atoms with Crippen molar-refractivity contribution in [2.45, 2.75) is 11.6 Å². The highest BCUT2D eigenvalue weighted by Gasteiger charge is 2.58. The highest BCUT2D eigenvalue weighted by molar-refractivity contribution is 6.21. The number of phenolic OH excluding ortho intramolecular Hbond substituents is 1. The molecule has 7 heteroatoms. The van der Waals surface area contributed by atoms with Crippen LogP contribution in [0.1, 0.15) is 43.3 Å². The number of benzene rings is 3. The van der Waals surface area contributed by atoms with Crippen LogP contribution in [-0.4, -0.2) is 47.0 Å². The van der Waals surface area contributed by atoms with Crippen LogP contribution in [0.3, 0.4) is 0 Å². The van der Waals surface area contributed by atoms with Crippen molar-refractivity contribution in [1.82, 2.24) is 10.2 Å². The Morgan fingerprint density at radius 2 is 1.71 bits per heavy atom. The molecule has 3 aromatic carbocycles. The van der Waals surface area contributed by atoms with Gasteiger partial charge in [-0.2, -0.15) is 0 Å². The Hall–Kier alpha value is -4.10. The lowest BCUT2D eigenvalue weighted by atomic mass is 9.76. The summed E-state index contributed by atoms with van der Waals surface area (Å²) in [6, 6.07) is 18.9. The Labute approximate surface area is 195 Å². The van der Waals surface area contributed by atoms with Gasteiger partial charge < -0.3 is 25.2 Å². The van der Waals surface area contributed by atoms with Crippen LogP contribution in [0.5, 0.6) is 11.5 Å². The van der Waals surface area contributed by atoms with E-state index in [9.17, 15) is 19.8 Å². The number of ketones is 1. The summed E-state index contributed by atoms with van der Waals surface area (Å²) in [5.41, 5.74) is 1.37. The fourth-order valence-corrected chi connectivity index (χ4v) is 5.55. The van der Waals surface area contributed by atoms with Crippen molar-refractivity contribution in [3.63, 3.8) is 0 Å². The monoisotopic (exact) mass is 454 g/mol. The van der Waals surface area contributed by atoms with Crippen molar-refractivity contribution < 1.29 is 24.5 Å². The molecule has 7 nitrogen and oxygen atoms in total. The number of aliphatic hydroxyl groups is 1. The summed E-state index contributed by atoms with van der Waals surface area (Å²) in [5, 5.41) is 26.9. The zero-order valence-electron chi connectivity index (χ0n) is 18.4. The fraction of sp³-hybridized carbons (Fsp3) is 0.185. The molecule has 0 aromatic heterocycles. The first-order valence-corrected chi connectivity index (χ1v) is 11.1. The number of nitrogens with one attached hydrogen (secondary N) is 1. The summed E-state index contributed by atoms with van der Waals surface area (Å²) >= 11 is 0. The van der Waals surface area contributed by atoms with Crippen molar-refractivity contribution in [3.8, 4) is 11.5 Å². The molecule has 2 unspecified atom stereocenters. The van der Waals surface area contributed by atoms with Crippen LogP contribution in [0, 0.1) is 0 Å². The van der Waals surface area contributed by atoms with Crippen LogP contribution >= 0.6 is 0 Å². The first-order valence-electron chi connectivity index (χ1n) is 11.1. The van der Waals surface area contributed by atoms with E-state index in [2.05, 4.69) is 5.32 Å². The summed E-state index contributed by atoms with van der Waals surface area (Å²) in [5.74, 6) is -1.29. The zero-order valence-corrected chi connectivity index (χ0v) is 18.4. The predicted octanol–water partition coefficient (Wildman–Crippen LogP) is 3.00. The first-order chi connectivity index (χ1) is 16.5. The number of methoxy groups -OCH3 is 1. The number of aromatic hydroxyl groups is 1. The molecule has 0 spiro atoms. The molecule has 0 saturated carbocycles. The maximum Gasteiger partial charge on any atom is 0.256 e. The molecule has 0 bridgehead atoms. The molecule has 0 fully saturated rings. The highest BCUT2D eigenvalue weighted by Crippen LogP contribution is 2.55. The predicted molar refractivity (Wildman–Crippen MR) is 124 cm³/mol. The number of carbonyl (C=O) groups is 2. The average Bonchev–Trinajstić information content (AvgIpc) is 3.24. The molecule has 2 aliphatic heterocycles. The molecular formula is C27H22N2O5.